The normalized spacial score (nSPS) is 14.5. The molecule has 0 spiro atoms. The highest BCUT2D eigenvalue weighted by Gasteiger charge is 2.24. The van der Waals surface area contributed by atoms with Gasteiger partial charge in [0.15, 0.2) is 0 Å². The molecule has 2 unspecified atom stereocenters. The number of amides is 2. The lowest BCUT2D eigenvalue weighted by Crippen LogP contribution is -2.50. The van der Waals surface area contributed by atoms with Crippen LogP contribution in [0.15, 0.2) is 0 Å². The molecule has 0 aliphatic rings. The highest BCUT2D eigenvalue weighted by atomic mass is 32.2. The van der Waals surface area contributed by atoms with Crippen LogP contribution in [0.25, 0.3) is 0 Å². The third-order valence-electron chi connectivity index (χ3n) is 2.54. The number of aliphatic carboxylic acids is 1. The molecule has 8 nitrogen and oxygen atoms in total. The summed E-state index contributed by atoms with van der Waals surface area (Å²) < 4.78 is 23.7. The molecule has 0 aromatic carbocycles. The zero-order chi connectivity index (χ0) is 15.1. The second-order valence-electron chi connectivity index (χ2n) is 4.27. The molecule has 19 heavy (non-hydrogen) atoms. The average Bonchev–Trinajstić information content (AvgIpc) is 2.29. The van der Waals surface area contributed by atoms with Gasteiger partial charge in [0.1, 0.15) is 6.04 Å². The van der Waals surface area contributed by atoms with Gasteiger partial charge in [0, 0.05) is 13.1 Å². The highest BCUT2D eigenvalue weighted by molar-refractivity contribution is 7.88. The summed E-state index contributed by atoms with van der Waals surface area (Å²) in [5.41, 5.74) is 0. The van der Waals surface area contributed by atoms with Crippen LogP contribution in [0.1, 0.15) is 20.3 Å². The van der Waals surface area contributed by atoms with Crippen molar-refractivity contribution >= 4 is 22.0 Å². The number of rotatable bonds is 8. The highest BCUT2D eigenvalue weighted by Crippen LogP contribution is 2.07. The van der Waals surface area contributed by atoms with E-state index in [9.17, 15) is 18.0 Å². The molecule has 0 saturated carbocycles. The predicted molar refractivity (Wildman–Crippen MR) is 70.3 cm³/mol. The van der Waals surface area contributed by atoms with Gasteiger partial charge in [-0.25, -0.2) is 22.7 Å². The fraction of sp³-hybridized carbons (Fsp3) is 0.800. The average molecular weight is 295 g/mol. The number of urea groups is 1. The molecule has 9 heteroatoms. The minimum atomic E-state index is -3.29. The summed E-state index contributed by atoms with van der Waals surface area (Å²) in [5.74, 6) is -1.30. The van der Waals surface area contributed by atoms with Crippen LogP contribution in [0.3, 0.4) is 0 Å². The summed E-state index contributed by atoms with van der Waals surface area (Å²) in [6, 6.07) is -1.60. The molecule has 0 bridgehead atoms. The van der Waals surface area contributed by atoms with Crippen molar-refractivity contribution in [3.63, 3.8) is 0 Å². The lowest BCUT2D eigenvalue weighted by molar-refractivity contribution is -0.140. The fourth-order valence-electron chi connectivity index (χ4n) is 1.29. The van der Waals surface area contributed by atoms with Crippen LogP contribution in [-0.4, -0.2) is 50.9 Å². The van der Waals surface area contributed by atoms with E-state index in [4.69, 9.17) is 5.11 Å². The lowest BCUT2D eigenvalue weighted by atomic mass is 9.99. The number of hydrogen-bond donors (Lipinski definition) is 4. The summed E-state index contributed by atoms with van der Waals surface area (Å²) in [6.07, 6.45) is 1.63. The van der Waals surface area contributed by atoms with Crippen molar-refractivity contribution in [2.24, 2.45) is 5.92 Å². The summed E-state index contributed by atoms with van der Waals surface area (Å²) >= 11 is 0. The molecule has 0 aromatic heterocycles. The van der Waals surface area contributed by atoms with Gasteiger partial charge in [-0.1, -0.05) is 20.3 Å². The molecule has 0 aliphatic heterocycles. The molecule has 112 valence electrons. The Morgan fingerprint density at radius 3 is 2.26 bits per heavy atom. The first-order valence-electron chi connectivity index (χ1n) is 5.89. The zero-order valence-electron chi connectivity index (χ0n) is 11.3. The van der Waals surface area contributed by atoms with Crippen LogP contribution in [0.5, 0.6) is 0 Å². The van der Waals surface area contributed by atoms with E-state index in [1.807, 2.05) is 6.92 Å². The van der Waals surface area contributed by atoms with Gasteiger partial charge in [-0.3, -0.25) is 0 Å². The molecule has 2 atom stereocenters. The van der Waals surface area contributed by atoms with Crippen molar-refractivity contribution in [2.45, 2.75) is 26.3 Å². The van der Waals surface area contributed by atoms with Crippen LogP contribution in [0, 0.1) is 5.92 Å². The monoisotopic (exact) mass is 295 g/mol. The first-order valence-corrected chi connectivity index (χ1v) is 7.78. The van der Waals surface area contributed by atoms with Crippen molar-refractivity contribution in [2.75, 3.05) is 19.3 Å². The Bertz CT molecular complexity index is 409. The molecule has 0 aliphatic carbocycles. The summed E-state index contributed by atoms with van der Waals surface area (Å²) in [5, 5.41) is 13.7. The molecule has 0 saturated heterocycles. The molecule has 0 rings (SSSR count). The molecule has 0 fully saturated rings. The Hall–Kier alpha value is -1.35. The van der Waals surface area contributed by atoms with E-state index in [0.29, 0.717) is 6.42 Å². The van der Waals surface area contributed by atoms with Crippen molar-refractivity contribution in [1.29, 1.82) is 0 Å². The maximum Gasteiger partial charge on any atom is 0.326 e. The van der Waals surface area contributed by atoms with Crippen LogP contribution in [-0.2, 0) is 14.8 Å². The Labute approximate surface area is 113 Å². The topological polar surface area (TPSA) is 125 Å². The van der Waals surface area contributed by atoms with Gasteiger partial charge in [0.2, 0.25) is 10.0 Å². The first-order chi connectivity index (χ1) is 8.67. The maximum absolute atomic E-state index is 11.4. The SMILES string of the molecule is CCC(C)C(NC(=O)NCCNS(C)(=O)=O)C(=O)O. The third-order valence-corrected chi connectivity index (χ3v) is 3.27. The van der Waals surface area contributed by atoms with E-state index in [2.05, 4.69) is 15.4 Å². The molecular formula is C10H21N3O5S. The number of nitrogens with one attached hydrogen (secondary N) is 3. The molecule has 4 N–H and O–H groups in total. The van der Waals surface area contributed by atoms with Crippen LogP contribution in [0.4, 0.5) is 4.79 Å². The molecular weight excluding hydrogens is 274 g/mol. The Morgan fingerprint density at radius 2 is 1.84 bits per heavy atom. The largest absolute Gasteiger partial charge is 0.480 e. The van der Waals surface area contributed by atoms with Crippen LogP contribution < -0.4 is 15.4 Å². The van der Waals surface area contributed by atoms with Gasteiger partial charge in [0.05, 0.1) is 6.26 Å². The second-order valence-corrected chi connectivity index (χ2v) is 6.10. The number of carboxylic acid groups (broad SMARTS) is 1. The number of hydrogen-bond acceptors (Lipinski definition) is 4. The Morgan fingerprint density at radius 1 is 1.26 bits per heavy atom. The van der Waals surface area contributed by atoms with E-state index in [1.165, 1.54) is 0 Å². The third kappa shape index (κ3) is 8.38. The van der Waals surface area contributed by atoms with Gasteiger partial charge in [0.25, 0.3) is 0 Å². The molecule has 0 radical (unpaired) electrons. The molecule has 0 heterocycles. The van der Waals surface area contributed by atoms with E-state index in [0.717, 1.165) is 6.26 Å². The Kier molecular flexibility index (Phi) is 7.38. The van der Waals surface area contributed by atoms with E-state index in [-0.39, 0.29) is 19.0 Å². The zero-order valence-corrected chi connectivity index (χ0v) is 12.1. The smallest absolute Gasteiger partial charge is 0.326 e. The number of sulfonamides is 1. The van der Waals surface area contributed by atoms with E-state index >= 15 is 0 Å². The first kappa shape index (κ1) is 17.6. The standard InChI is InChI=1S/C10H21N3O5S/c1-4-7(2)8(9(14)15)13-10(16)11-5-6-12-19(3,17)18/h7-8,12H,4-6H2,1-3H3,(H,14,15)(H2,11,13,16). The quantitative estimate of drug-likeness (QED) is 0.442. The summed E-state index contributed by atoms with van der Waals surface area (Å²) in [6.45, 7) is 3.68. The van der Waals surface area contributed by atoms with Gasteiger partial charge >= 0.3 is 12.0 Å². The summed E-state index contributed by atoms with van der Waals surface area (Å²) in [4.78, 5) is 22.4. The minimum absolute atomic E-state index is 0.0489. The van der Waals surface area contributed by atoms with E-state index in [1.54, 1.807) is 6.92 Å². The van der Waals surface area contributed by atoms with Gasteiger partial charge in [-0.15, -0.1) is 0 Å². The Balaban J connectivity index is 4.11. The molecule has 2 amide bonds. The van der Waals surface area contributed by atoms with Gasteiger partial charge < -0.3 is 15.7 Å². The predicted octanol–water partition coefficient (Wildman–Crippen LogP) is -0.666. The second kappa shape index (κ2) is 7.95. The van der Waals surface area contributed by atoms with Gasteiger partial charge in [-0.2, -0.15) is 0 Å². The van der Waals surface area contributed by atoms with Crippen molar-refractivity contribution in [1.82, 2.24) is 15.4 Å². The fourth-order valence-corrected chi connectivity index (χ4v) is 1.76. The van der Waals surface area contributed by atoms with Gasteiger partial charge in [-0.05, 0) is 5.92 Å². The van der Waals surface area contributed by atoms with Crippen LogP contribution >= 0.6 is 0 Å². The van der Waals surface area contributed by atoms with Crippen LogP contribution in [0.2, 0.25) is 0 Å². The minimum Gasteiger partial charge on any atom is -0.480 e. The summed E-state index contributed by atoms with van der Waals surface area (Å²) in [7, 11) is -3.29. The van der Waals surface area contributed by atoms with Crippen molar-refractivity contribution < 1.29 is 23.1 Å². The van der Waals surface area contributed by atoms with Crippen molar-refractivity contribution in [3.05, 3.63) is 0 Å². The maximum atomic E-state index is 11.4. The van der Waals surface area contributed by atoms with Crippen molar-refractivity contribution in [3.8, 4) is 0 Å². The number of carboxylic acids is 1. The number of carbonyl (C=O) groups excluding carboxylic acids is 1. The van der Waals surface area contributed by atoms with E-state index < -0.39 is 28.1 Å². The molecule has 0 aromatic rings. The lowest BCUT2D eigenvalue weighted by Gasteiger charge is -2.20. The number of carbonyl (C=O) groups is 2.